The van der Waals surface area contributed by atoms with Crippen LogP contribution in [-0.4, -0.2) is 23.3 Å². The quantitative estimate of drug-likeness (QED) is 0.538. The van der Waals surface area contributed by atoms with Gasteiger partial charge < -0.3 is 9.84 Å². The first kappa shape index (κ1) is 15.2. The molecule has 0 aliphatic heterocycles. The molecule has 0 saturated carbocycles. The van der Waals surface area contributed by atoms with Crippen molar-refractivity contribution >= 4 is 5.97 Å². The van der Waals surface area contributed by atoms with Gasteiger partial charge in [-0.1, -0.05) is 20.4 Å². The Balaban J connectivity index is 4.19. The van der Waals surface area contributed by atoms with Gasteiger partial charge in [0.15, 0.2) is 0 Å². The highest BCUT2D eigenvalue weighted by atomic mass is 16.5. The van der Waals surface area contributed by atoms with Gasteiger partial charge in [-0.25, -0.2) is 4.79 Å². The number of carbonyl (C=O) groups is 1. The normalized spacial score (nSPS) is 14.6. The molecule has 0 amide bonds. The summed E-state index contributed by atoms with van der Waals surface area (Å²) in [6, 6.07) is 0. The lowest BCUT2D eigenvalue weighted by Crippen LogP contribution is -2.22. The van der Waals surface area contributed by atoms with Gasteiger partial charge in [0.2, 0.25) is 0 Å². The predicted octanol–water partition coefficient (Wildman–Crippen LogP) is 2.68. The minimum atomic E-state index is -0.349. The number of esters is 1. The largest absolute Gasteiger partial charge is 0.459 e. The van der Waals surface area contributed by atoms with Crippen LogP contribution >= 0.6 is 0 Å². The summed E-state index contributed by atoms with van der Waals surface area (Å²) in [5.41, 5.74) is 0.422. The van der Waals surface area contributed by atoms with E-state index < -0.39 is 0 Å². The molecule has 3 heteroatoms. The fourth-order valence-electron chi connectivity index (χ4n) is 1.43. The van der Waals surface area contributed by atoms with E-state index in [0.717, 1.165) is 6.42 Å². The van der Waals surface area contributed by atoms with Gasteiger partial charge in [-0.3, -0.25) is 0 Å². The maximum atomic E-state index is 11.4. The van der Waals surface area contributed by atoms with Crippen LogP contribution in [0.4, 0.5) is 0 Å². The Morgan fingerprint density at radius 1 is 1.31 bits per heavy atom. The van der Waals surface area contributed by atoms with E-state index in [0.29, 0.717) is 24.3 Å². The lowest BCUT2D eigenvalue weighted by Gasteiger charge is -2.20. The van der Waals surface area contributed by atoms with Gasteiger partial charge in [-0.05, 0) is 39.0 Å². The first-order chi connectivity index (χ1) is 7.32. The van der Waals surface area contributed by atoms with Gasteiger partial charge >= 0.3 is 5.97 Å². The lowest BCUT2D eigenvalue weighted by atomic mass is 10.0. The molecule has 3 nitrogen and oxygen atoms in total. The number of aliphatic hydroxyl groups is 1. The summed E-state index contributed by atoms with van der Waals surface area (Å²) < 4.78 is 5.32. The molecule has 94 valence electrons. The molecule has 0 spiro atoms. The van der Waals surface area contributed by atoms with E-state index >= 15 is 0 Å². The Hall–Kier alpha value is -0.830. The Kier molecular flexibility index (Phi) is 7.06. The summed E-state index contributed by atoms with van der Waals surface area (Å²) in [7, 11) is 0. The second-order valence-corrected chi connectivity index (χ2v) is 4.86. The Labute approximate surface area is 98.5 Å². The molecule has 0 heterocycles. The molecule has 0 aromatic rings. The molecule has 16 heavy (non-hydrogen) atoms. The van der Waals surface area contributed by atoms with Crippen LogP contribution in [0.15, 0.2) is 12.2 Å². The molecule has 0 bridgehead atoms. The van der Waals surface area contributed by atoms with Crippen molar-refractivity contribution in [2.75, 3.05) is 0 Å². The number of carbonyl (C=O) groups excluding carboxylic acids is 1. The third-order valence-corrected chi connectivity index (χ3v) is 2.26. The van der Waals surface area contributed by atoms with Crippen molar-refractivity contribution < 1.29 is 14.6 Å². The molecule has 0 aromatic heterocycles. The van der Waals surface area contributed by atoms with Gasteiger partial charge in [0, 0.05) is 5.57 Å². The van der Waals surface area contributed by atoms with Crippen LogP contribution in [0.25, 0.3) is 0 Å². The molecule has 0 aliphatic rings. The van der Waals surface area contributed by atoms with Crippen LogP contribution in [0.2, 0.25) is 0 Å². The van der Waals surface area contributed by atoms with Gasteiger partial charge in [0.05, 0.1) is 6.10 Å². The highest BCUT2D eigenvalue weighted by Gasteiger charge is 2.17. The summed E-state index contributed by atoms with van der Waals surface area (Å²) in [4.78, 5) is 11.4. The summed E-state index contributed by atoms with van der Waals surface area (Å²) in [6.45, 7) is 11.1. The second kappa shape index (κ2) is 7.44. The number of hydrogen-bond acceptors (Lipinski definition) is 3. The molecule has 2 atom stereocenters. The van der Waals surface area contributed by atoms with Crippen LogP contribution in [-0.2, 0) is 9.53 Å². The van der Waals surface area contributed by atoms with E-state index in [1.165, 1.54) is 0 Å². The SMILES string of the molecule is C=C(C)C(=O)OC(CCC(C)O)CC(C)C. The molecule has 2 unspecified atom stereocenters. The number of hydrogen-bond donors (Lipinski definition) is 1. The summed E-state index contributed by atoms with van der Waals surface area (Å²) in [5, 5.41) is 9.22. The van der Waals surface area contributed by atoms with Gasteiger partial charge in [-0.2, -0.15) is 0 Å². The molecule has 0 saturated heterocycles. The fraction of sp³-hybridized carbons (Fsp3) is 0.769. The zero-order chi connectivity index (χ0) is 12.7. The number of aliphatic hydroxyl groups excluding tert-OH is 1. The van der Waals surface area contributed by atoms with Crippen molar-refractivity contribution in [1.82, 2.24) is 0 Å². The average Bonchev–Trinajstić information content (AvgIpc) is 2.12. The molecule has 0 aromatic carbocycles. The standard InChI is InChI=1S/C13H24O3/c1-9(2)8-12(7-6-11(5)14)16-13(15)10(3)4/h9,11-12,14H,3,6-8H2,1-2,4-5H3. The summed E-state index contributed by atoms with van der Waals surface area (Å²) in [5.74, 6) is 0.133. The molecule has 0 fully saturated rings. The van der Waals surface area contributed by atoms with Gasteiger partial charge in [-0.15, -0.1) is 0 Å². The molecule has 1 N–H and O–H groups in total. The highest BCUT2D eigenvalue weighted by Crippen LogP contribution is 2.16. The van der Waals surface area contributed by atoms with E-state index in [1.54, 1.807) is 13.8 Å². The van der Waals surface area contributed by atoms with Gasteiger partial charge in [0.25, 0.3) is 0 Å². The van der Waals surface area contributed by atoms with E-state index in [-0.39, 0.29) is 18.2 Å². The molecular formula is C13H24O3. The molecule has 0 rings (SSSR count). The van der Waals surface area contributed by atoms with E-state index in [4.69, 9.17) is 4.74 Å². The van der Waals surface area contributed by atoms with E-state index in [9.17, 15) is 9.90 Å². The minimum absolute atomic E-state index is 0.112. The zero-order valence-corrected chi connectivity index (χ0v) is 10.8. The third-order valence-electron chi connectivity index (χ3n) is 2.26. The van der Waals surface area contributed by atoms with Crippen molar-refractivity contribution in [3.63, 3.8) is 0 Å². The van der Waals surface area contributed by atoms with Crippen LogP contribution < -0.4 is 0 Å². The first-order valence-corrected chi connectivity index (χ1v) is 5.87. The first-order valence-electron chi connectivity index (χ1n) is 5.87. The second-order valence-electron chi connectivity index (χ2n) is 4.86. The van der Waals surface area contributed by atoms with Crippen molar-refractivity contribution in [3.8, 4) is 0 Å². The number of ether oxygens (including phenoxy) is 1. The van der Waals surface area contributed by atoms with E-state index in [2.05, 4.69) is 20.4 Å². The average molecular weight is 228 g/mol. The third kappa shape index (κ3) is 7.46. The van der Waals surface area contributed by atoms with Crippen LogP contribution in [0, 0.1) is 5.92 Å². The Bertz CT molecular complexity index is 231. The fourth-order valence-corrected chi connectivity index (χ4v) is 1.43. The number of rotatable bonds is 7. The van der Waals surface area contributed by atoms with Gasteiger partial charge in [0.1, 0.15) is 6.10 Å². The van der Waals surface area contributed by atoms with Crippen molar-refractivity contribution in [2.24, 2.45) is 5.92 Å². The van der Waals surface area contributed by atoms with Crippen LogP contribution in [0.5, 0.6) is 0 Å². The molecule has 0 radical (unpaired) electrons. The topological polar surface area (TPSA) is 46.5 Å². The molecule has 0 aliphatic carbocycles. The highest BCUT2D eigenvalue weighted by molar-refractivity contribution is 5.87. The van der Waals surface area contributed by atoms with Crippen molar-refractivity contribution in [3.05, 3.63) is 12.2 Å². The monoisotopic (exact) mass is 228 g/mol. The lowest BCUT2D eigenvalue weighted by molar-refractivity contribution is -0.145. The van der Waals surface area contributed by atoms with Crippen LogP contribution in [0.1, 0.15) is 47.0 Å². The van der Waals surface area contributed by atoms with E-state index in [1.807, 2.05) is 0 Å². The Morgan fingerprint density at radius 2 is 1.88 bits per heavy atom. The predicted molar refractivity (Wildman–Crippen MR) is 65.1 cm³/mol. The molecular weight excluding hydrogens is 204 g/mol. The zero-order valence-electron chi connectivity index (χ0n) is 10.8. The summed E-state index contributed by atoms with van der Waals surface area (Å²) in [6.07, 6.45) is 1.72. The summed E-state index contributed by atoms with van der Waals surface area (Å²) >= 11 is 0. The maximum absolute atomic E-state index is 11.4. The smallest absolute Gasteiger partial charge is 0.333 e. The minimum Gasteiger partial charge on any atom is -0.459 e. The Morgan fingerprint density at radius 3 is 2.25 bits per heavy atom. The van der Waals surface area contributed by atoms with Crippen molar-refractivity contribution in [1.29, 1.82) is 0 Å². The van der Waals surface area contributed by atoms with Crippen LogP contribution in [0.3, 0.4) is 0 Å². The maximum Gasteiger partial charge on any atom is 0.333 e. The van der Waals surface area contributed by atoms with Crippen molar-refractivity contribution in [2.45, 2.75) is 59.2 Å².